The first-order valence-electron chi connectivity index (χ1n) is 4.85. The van der Waals surface area contributed by atoms with Crippen LogP contribution in [0, 0.1) is 0 Å². The van der Waals surface area contributed by atoms with Crippen molar-refractivity contribution in [1.82, 2.24) is 9.97 Å². The van der Waals surface area contributed by atoms with Gasteiger partial charge in [-0.25, -0.2) is 4.98 Å². The molecule has 0 spiro atoms. The molecule has 0 aliphatic heterocycles. The predicted molar refractivity (Wildman–Crippen MR) is 59.1 cm³/mol. The van der Waals surface area contributed by atoms with Crippen molar-refractivity contribution >= 4 is 16.9 Å². The SMILES string of the molecule is COc1nc(CC(=O)O)nc2cc(O)ccc12. The first kappa shape index (κ1) is 11.1. The first-order chi connectivity index (χ1) is 8.10. The van der Waals surface area contributed by atoms with Gasteiger partial charge in [0.1, 0.15) is 18.0 Å². The molecule has 17 heavy (non-hydrogen) atoms. The van der Waals surface area contributed by atoms with E-state index in [0.29, 0.717) is 16.8 Å². The molecule has 6 heteroatoms. The highest BCUT2D eigenvalue weighted by atomic mass is 16.5. The molecule has 0 fully saturated rings. The molecule has 1 aromatic heterocycles. The van der Waals surface area contributed by atoms with Gasteiger partial charge in [0, 0.05) is 6.07 Å². The molecule has 6 nitrogen and oxygen atoms in total. The fourth-order valence-corrected chi connectivity index (χ4v) is 1.50. The third kappa shape index (κ3) is 2.25. The first-order valence-corrected chi connectivity index (χ1v) is 4.85. The minimum absolute atomic E-state index is 0.0551. The quantitative estimate of drug-likeness (QED) is 0.822. The molecular formula is C11H10N2O4. The summed E-state index contributed by atoms with van der Waals surface area (Å²) in [6.45, 7) is 0. The monoisotopic (exact) mass is 234 g/mol. The minimum atomic E-state index is -1.02. The maximum Gasteiger partial charge on any atom is 0.311 e. The molecule has 0 atom stereocenters. The zero-order valence-electron chi connectivity index (χ0n) is 9.04. The lowest BCUT2D eigenvalue weighted by molar-refractivity contribution is -0.136. The number of nitrogens with zero attached hydrogens (tertiary/aromatic N) is 2. The van der Waals surface area contributed by atoms with E-state index in [2.05, 4.69) is 9.97 Å². The molecule has 0 amide bonds. The van der Waals surface area contributed by atoms with Gasteiger partial charge in [-0.3, -0.25) is 4.79 Å². The fourth-order valence-electron chi connectivity index (χ4n) is 1.50. The van der Waals surface area contributed by atoms with Gasteiger partial charge in [-0.2, -0.15) is 4.98 Å². The average molecular weight is 234 g/mol. The second kappa shape index (κ2) is 4.25. The van der Waals surface area contributed by atoms with Crippen molar-refractivity contribution in [2.75, 3.05) is 7.11 Å². The fraction of sp³-hybridized carbons (Fsp3) is 0.182. The van der Waals surface area contributed by atoms with E-state index in [1.165, 1.54) is 19.2 Å². The zero-order chi connectivity index (χ0) is 12.4. The molecule has 0 radical (unpaired) electrons. The van der Waals surface area contributed by atoms with E-state index in [-0.39, 0.29) is 18.0 Å². The highest BCUT2D eigenvalue weighted by Gasteiger charge is 2.11. The summed E-state index contributed by atoms with van der Waals surface area (Å²) in [6, 6.07) is 4.55. The standard InChI is InChI=1S/C11H10N2O4/c1-17-11-7-3-2-6(14)4-8(7)12-9(13-11)5-10(15)16/h2-4,14H,5H2,1H3,(H,15,16). The van der Waals surface area contributed by atoms with Crippen molar-refractivity contribution in [2.24, 2.45) is 0 Å². The Labute approximate surface area is 96.5 Å². The molecule has 0 unspecified atom stereocenters. The number of aliphatic carboxylic acids is 1. The summed E-state index contributed by atoms with van der Waals surface area (Å²) >= 11 is 0. The van der Waals surface area contributed by atoms with Crippen LogP contribution in [0.3, 0.4) is 0 Å². The number of ether oxygens (including phenoxy) is 1. The number of aromatic nitrogens is 2. The van der Waals surface area contributed by atoms with E-state index >= 15 is 0 Å². The van der Waals surface area contributed by atoms with Gasteiger partial charge in [0.05, 0.1) is 18.0 Å². The van der Waals surface area contributed by atoms with Crippen molar-refractivity contribution in [1.29, 1.82) is 0 Å². The third-order valence-electron chi connectivity index (χ3n) is 2.19. The number of fused-ring (bicyclic) bond motifs is 1. The predicted octanol–water partition coefficient (Wildman–Crippen LogP) is 0.971. The summed E-state index contributed by atoms with van der Waals surface area (Å²) in [7, 11) is 1.44. The van der Waals surface area contributed by atoms with Crippen LogP contribution in [-0.4, -0.2) is 33.3 Å². The van der Waals surface area contributed by atoms with Gasteiger partial charge in [-0.1, -0.05) is 0 Å². The third-order valence-corrected chi connectivity index (χ3v) is 2.19. The number of rotatable bonds is 3. The Morgan fingerprint density at radius 3 is 2.82 bits per heavy atom. The molecule has 2 N–H and O–H groups in total. The molecule has 2 rings (SSSR count). The molecule has 88 valence electrons. The van der Waals surface area contributed by atoms with Crippen molar-refractivity contribution in [3.05, 3.63) is 24.0 Å². The van der Waals surface area contributed by atoms with E-state index in [9.17, 15) is 9.90 Å². The lowest BCUT2D eigenvalue weighted by atomic mass is 10.2. The number of benzene rings is 1. The average Bonchev–Trinajstić information content (AvgIpc) is 2.26. The van der Waals surface area contributed by atoms with Crippen LogP contribution >= 0.6 is 0 Å². The second-order valence-corrected chi connectivity index (χ2v) is 3.42. The van der Waals surface area contributed by atoms with Gasteiger partial charge in [0.15, 0.2) is 0 Å². The van der Waals surface area contributed by atoms with Gasteiger partial charge in [0.25, 0.3) is 0 Å². The van der Waals surface area contributed by atoms with E-state index in [1.54, 1.807) is 6.07 Å². The number of carboxylic acid groups (broad SMARTS) is 1. The maximum absolute atomic E-state index is 10.6. The van der Waals surface area contributed by atoms with Crippen LogP contribution in [0.1, 0.15) is 5.82 Å². The lowest BCUT2D eigenvalue weighted by Crippen LogP contribution is -2.06. The molecule has 0 aliphatic carbocycles. The van der Waals surface area contributed by atoms with Crippen LogP contribution in [0.4, 0.5) is 0 Å². The van der Waals surface area contributed by atoms with E-state index in [1.807, 2.05) is 0 Å². The van der Waals surface area contributed by atoms with Crippen LogP contribution in [0.25, 0.3) is 10.9 Å². The Morgan fingerprint density at radius 1 is 1.41 bits per heavy atom. The summed E-state index contributed by atoms with van der Waals surface area (Å²) in [4.78, 5) is 18.6. The van der Waals surface area contributed by atoms with Crippen LogP contribution in [-0.2, 0) is 11.2 Å². The lowest BCUT2D eigenvalue weighted by Gasteiger charge is -2.06. The summed E-state index contributed by atoms with van der Waals surface area (Å²) in [5, 5.41) is 18.7. The van der Waals surface area contributed by atoms with Gasteiger partial charge < -0.3 is 14.9 Å². The van der Waals surface area contributed by atoms with Crippen LogP contribution in [0.5, 0.6) is 11.6 Å². The van der Waals surface area contributed by atoms with Gasteiger partial charge in [-0.05, 0) is 12.1 Å². The van der Waals surface area contributed by atoms with E-state index < -0.39 is 5.97 Å². The summed E-state index contributed by atoms with van der Waals surface area (Å²) < 4.78 is 5.06. The number of hydrogen-bond acceptors (Lipinski definition) is 5. The molecule has 0 saturated heterocycles. The van der Waals surface area contributed by atoms with Crippen molar-refractivity contribution in [3.8, 4) is 11.6 Å². The van der Waals surface area contributed by atoms with E-state index in [4.69, 9.17) is 9.84 Å². The number of hydrogen-bond donors (Lipinski definition) is 2. The maximum atomic E-state index is 10.6. The Bertz CT molecular complexity index is 583. The Kier molecular flexibility index (Phi) is 2.78. The molecule has 0 bridgehead atoms. The number of methoxy groups -OCH3 is 1. The van der Waals surface area contributed by atoms with Crippen molar-refractivity contribution in [2.45, 2.75) is 6.42 Å². The normalized spacial score (nSPS) is 10.4. The topological polar surface area (TPSA) is 92.5 Å². The molecule has 2 aromatic rings. The summed E-state index contributed by atoms with van der Waals surface area (Å²) in [6.07, 6.45) is -0.290. The molecule has 1 heterocycles. The Hall–Kier alpha value is -2.37. The number of phenols is 1. The van der Waals surface area contributed by atoms with Gasteiger partial charge in [0.2, 0.25) is 5.88 Å². The zero-order valence-corrected chi connectivity index (χ0v) is 9.04. The number of phenolic OH excluding ortho intramolecular Hbond substituents is 1. The number of carboxylic acids is 1. The second-order valence-electron chi connectivity index (χ2n) is 3.42. The summed E-state index contributed by atoms with van der Waals surface area (Å²) in [5.74, 6) is -0.523. The van der Waals surface area contributed by atoms with E-state index in [0.717, 1.165) is 0 Å². The minimum Gasteiger partial charge on any atom is -0.508 e. The molecule has 1 aromatic carbocycles. The summed E-state index contributed by atoms with van der Waals surface area (Å²) in [5.41, 5.74) is 0.452. The van der Waals surface area contributed by atoms with Crippen LogP contribution in [0.2, 0.25) is 0 Å². The number of aromatic hydroxyl groups is 1. The van der Waals surface area contributed by atoms with Crippen LogP contribution in [0.15, 0.2) is 18.2 Å². The Morgan fingerprint density at radius 2 is 2.18 bits per heavy atom. The smallest absolute Gasteiger partial charge is 0.311 e. The van der Waals surface area contributed by atoms with Gasteiger partial charge in [-0.15, -0.1) is 0 Å². The highest BCUT2D eigenvalue weighted by Crippen LogP contribution is 2.25. The Balaban J connectivity index is 2.62. The molecular weight excluding hydrogens is 224 g/mol. The van der Waals surface area contributed by atoms with Crippen molar-refractivity contribution < 1.29 is 19.7 Å². The van der Waals surface area contributed by atoms with Crippen molar-refractivity contribution in [3.63, 3.8) is 0 Å². The molecule has 0 aliphatic rings. The van der Waals surface area contributed by atoms with Crippen LogP contribution < -0.4 is 4.74 Å². The largest absolute Gasteiger partial charge is 0.508 e. The highest BCUT2D eigenvalue weighted by molar-refractivity contribution is 5.85. The number of carbonyl (C=O) groups is 1. The van der Waals surface area contributed by atoms with Gasteiger partial charge >= 0.3 is 5.97 Å². The molecule has 0 saturated carbocycles.